The van der Waals surface area contributed by atoms with Crippen molar-refractivity contribution in [2.24, 2.45) is 0 Å². The Balaban J connectivity index is 0.00000280. The average Bonchev–Trinajstić information content (AvgIpc) is 3.02. The molecule has 9 heteroatoms. The molecule has 2 aromatic heterocycles. The summed E-state index contributed by atoms with van der Waals surface area (Å²) in [5.74, 6) is 1.86. The van der Waals surface area contributed by atoms with Crippen LogP contribution in [0.2, 0.25) is 0 Å². The Morgan fingerprint density at radius 1 is 1.29 bits per heavy atom. The van der Waals surface area contributed by atoms with Crippen LogP contribution in [0.5, 0.6) is 11.5 Å². The van der Waals surface area contributed by atoms with Crippen molar-refractivity contribution < 1.29 is 18.8 Å². The normalized spacial score (nSPS) is 13.1. The van der Waals surface area contributed by atoms with Crippen LogP contribution < -0.4 is 9.47 Å². The fourth-order valence-corrected chi connectivity index (χ4v) is 3.70. The molecule has 2 atom stereocenters. The van der Waals surface area contributed by atoms with E-state index in [1.54, 1.807) is 29.6 Å². The quantitative estimate of drug-likeness (QED) is 0.337. The van der Waals surface area contributed by atoms with Gasteiger partial charge in [0.1, 0.15) is 29.0 Å². The summed E-state index contributed by atoms with van der Waals surface area (Å²) in [6, 6.07) is 7.27. The maximum atomic E-state index is 12.5. The molecule has 3 aromatic rings. The Hall–Kier alpha value is -1.29. The Kier molecular flexibility index (Phi) is 8.18. The number of rotatable bonds is 7. The molecule has 0 spiro atoms. The summed E-state index contributed by atoms with van der Waals surface area (Å²) >= 11 is -1.31. The van der Waals surface area contributed by atoms with Crippen LogP contribution in [-0.4, -0.2) is 74.3 Å². The Bertz CT molecular complexity index is 948. The summed E-state index contributed by atoms with van der Waals surface area (Å²) in [7, 11) is 1.60. The number of methoxy groups -OCH3 is 1. The second kappa shape index (κ2) is 9.96. The molecule has 2 unspecified atom stereocenters. The number of ether oxygens (including phenoxy) is 3. The van der Waals surface area contributed by atoms with Gasteiger partial charge in [-0.3, -0.25) is 4.98 Å². The van der Waals surface area contributed by atoms with E-state index in [0.29, 0.717) is 35.1 Å². The minimum atomic E-state index is -1.31. The number of imidazole rings is 1. The van der Waals surface area contributed by atoms with Crippen molar-refractivity contribution in [2.75, 3.05) is 20.0 Å². The molecule has 2 heterocycles. The number of aromatic nitrogens is 3. The Morgan fingerprint density at radius 3 is 2.68 bits per heavy atom. The molecule has 0 aliphatic heterocycles. The molecule has 0 fully saturated rings. The Morgan fingerprint density at radius 2 is 2.04 bits per heavy atom. The topological polar surface area (TPSA) is 81.5 Å². The maximum absolute atomic E-state index is 12.5. The third-order valence-corrected chi connectivity index (χ3v) is 5.02. The minimum absolute atomic E-state index is 0. The van der Waals surface area contributed by atoms with Gasteiger partial charge in [-0.25, -0.2) is 4.98 Å². The molecule has 0 saturated heterocycles. The molecule has 0 aliphatic carbocycles. The van der Waals surface area contributed by atoms with Crippen LogP contribution in [0.1, 0.15) is 19.4 Å². The Labute approximate surface area is 190 Å². The monoisotopic (exact) mass is 413 g/mol. The zero-order valence-electron chi connectivity index (χ0n) is 16.1. The first-order valence-corrected chi connectivity index (χ1v) is 10.1. The van der Waals surface area contributed by atoms with Gasteiger partial charge in [0.15, 0.2) is 6.29 Å². The fraction of sp³-hybridized carbons (Fsp3) is 0.368. The van der Waals surface area contributed by atoms with Gasteiger partial charge in [-0.1, -0.05) is 0 Å². The number of hydrogen-bond donors (Lipinski definition) is 0. The van der Waals surface area contributed by atoms with Gasteiger partial charge in [0.2, 0.25) is 5.82 Å². The van der Waals surface area contributed by atoms with E-state index < -0.39 is 11.4 Å². The van der Waals surface area contributed by atoms with E-state index in [1.807, 2.05) is 39.0 Å². The van der Waals surface area contributed by atoms with Crippen molar-refractivity contribution in [1.82, 2.24) is 13.9 Å². The molecule has 0 bridgehead atoms. The standard InChI is InChI=1S/C19H23N3O4S.Na.H/c1-6-25-13(3)26-17-9-10-20-18(12(17)2)19-21-15-11-14(24-4)7-8-16(15)22(19)27(5)23;;/h7-11,13H,6H2,1-5H3;;. The summed E-state index contributed by atoms with van der Waals surface area (Å²) in [4.78, 5) is 9.14. The van der Waals surface area contributed by atoms with Gasteiger partial charge in [-0.2, -0.15) is 0 Å². The van der Waals surface area contributed by atoms with Gasteiger partial charge in [-0.05, 0) is 39.0 Å². The molecule has 7 nitrogen and oxygen atoms in total. The van der Waals surface area contributed by atoms with Crippen LogP contribution in [0.15, 0.2) is 30.5 Å². The number of benzene rings is 1. The van der Waals surface area contributed by atoms with Crippen molar-refractivity contribution in [3.63, 3.8) is 0 Å². The van der Waals surface area contributed by atoms with E-state index in [4.69, 9.17) is 14.2 Å². The van der Waals surface area contributed by atoms with Crippen LogP contribution in [-0.2, 0) is 16.1 Å². The predicted molar refractivity (Wildman–Crippen MR) is 113 cm³/mol. The summed E-state index contributed by atoms with van der Waals surface area (Å²) < 4.78 is 30.7. The van der Waals surface area contributed by atoms with E-state index in [1.165, 1.54) is 0 Å². The second-order valence-electron chi connectivity index (χ2n) is 5.93. The molecule has 146 valence electrons. The molecule has 3 rings (SSSR count). The molecule has 0 radical (unpaired) electrons. The third-order valence-electron chi connectivity index (χ3n) is 4.14. The molecular weight excluding hydrogens is 389 g/mol. The summed E-state index contributed by atoms with van der Waals surface area (Å²) in [5, 5.41) is 0. The van der Waals surface area contributed by atoms with Crippen LogP contribution >= 0.6 is 0 Å². The molecule has 28 heavy (non-hydrogen) atoms. The van der Waals surface area contributed by atoms with Gasteiger partial charge in [-0.15, -0.1) is 3.97 Å². The molecule has 0 saturated carbocycles. The first-order chi connectivity index (χ1) is 13.0. The summed E-state index contributed by atoms with van der Waals surface area (Å²) in [6.07, 6.45) is 2.88. The van der Waals surface area contributed by atoms with Crippen molar-refractivity contribution in [2.45, 2.75) is 27.1 Å². The van der Waals surface area contributed by atoms with E-state index in [2.05, 4.69) is 9.97 Å². The van der Waals surface area contributed by atoms with Gasteiger partial charge < -0.3 is 18.8 Å². The molecule has 0 amide bonds. The van der Waals surface area contributed by atoms with Crippen molar-refractivity contribution in [3.8, 4) is 23.0 Å². The van der Waals surface area contributed by atoms with Crippen LogP contribution in [0.4, 0.5) is 0 Å². The number of hydrogen-bond acceptors (Lipinski definition) is 6. The summed E-state index contributed by atoms with van der Waals surface area (Å²) in [6.45, 7) is 6.22. The molecule has 1 aromatic carbocycles. The number of pyridine rings is 1. The van der Waals surface area contributed by atoms with Crippen LogP contribution in [0.25, 0.3) is 22.6 Å². The van der Waals surface area contributed by atoms with E-state index in [-0.39, 0.29) is 35.8 Å². The van der Waals surface area contributed by atoms with Gasteiger partial charge in [0, 0.05) is 24.4 Å². The number of fused-ring (bicyclic) bond motifs is 1. The second-order valence-corrected chi connectivity index (χ2v) is 7.14. The van der Waals surface area contributed by atoms with Crippen LogP contribution in [0, 0.1) is 6.92 Å². The average molecular weight is 413 g/mol. The SMILES string of the molecule is CCOC(C)Oc1ccnc(-c2nc3cc(OC)ccc3n2[S+](C)[O-])c1C.[NaH]. The third kappa shape index (κ3) is 4.64. The molecular formula is C19H24N3NaO4S. The van der Waals surface area contributed by atoms with Crippen molar-refractivity contribution in [1.29, 1.82) is 0 Å². The number of nitrogens with zero attached hydrogens (tertiary/aromatic N) is 3. The van der Waals surface area contributed by atoms with E-state index in [9.17, 15) is 4.55 Å². The van der Waals surface area contributed by atoms with E-state index >= 15 is 0 Å². The zero-order valence-corrected chi connectivity index (χ0v) is 16.9. The van der Waals surface area contributed by atoms with Gasteiger partial charge >= 0.3 is 29.6 Å². The zero-order chi connectivity index (χ0) is 19.6. The first kappa shape index (κ1) is 23.0. The van der Waals surface area contributed by atoms with Crippen molar-refractivity contribution >= 4 is 52.0 Å². The van der Waals surface area contributed by atoms with Crippen molar-refractivity contribution in [3.05, 3.63) is 36.0 Å². The first-order valence-electron chi connectivity index (χ1n) is 8.60. The molecule has 0 aliphatic rings. The van der Waals surface area contributed by atoms with Gasteiger partial charge in [0.25, 0.3) is 0 Å². The van der Waals surface area contributed by atoms with Crippen LogP contribution in [0.3, 0.4) is 0 Å². The fourth-order valence-electron chi connectivity index (χ4n) is 2.89. The molecule has 0 N–H and O–H groups in total. The van der Waals surface area contributed by atoms with E-state index in [0.717, 1.165) is 11.1 Å². The van der Waals surface area contributed by atoms with Gasteiger partial charge in [0.05, 0.1) is 24.0 Å². The predicted octanol–water partition coefficient (Wildman–Crippen LogP) is 2.67. The summed E-state index contributed by atoms with van der Waals surface area (Å²) in [5.41, 5.74) is 2.86.